The van der Waals surface area contributed by atoms with E-state index in [2.05, 4.69) is 5.32 Å². The van der Waals surface area contributed by atoms with Crippen molar-refractivity contribution in [3.05, 3.63) is 83.9 Å². The summed E-state index contributed by atoms with van der Waals surface area (Å²) in [6.45, 7) is -0.112. The molecule has 0 aliphatic rings. The van der Waals surface area contributed by atoms with E-state index in [0.29, 0.717) is 12.2 Å². The summed E-state index contributed by atoms with van der Waals surface area (Å²) in [7, 11) is 0. The van der Waals surface area contributed by atoms with E-state index in [0.717, 1.165) is 16.9 Å². The zero-order valence-electron chi connectivity index (χ0n) is 15.2. The van der Waals surface area contributed by atoms with E-state index in [9.17, 15) is 14.0 Å². The maximum Gasteiger partial charge on any atom is 0.306 e. The number of carbonyl (C=O) groups is 2. The number of ether oxygens (including phenoxy) is 1. The van der Waals surface area contributed by atoms with Crippen molar-refractivity contribution >= 4 is 11.9 Å². The summed E-state index contributed by atoms with van der Waals surface area (Å²) in [5.41, 5.74) is 1.72. The van der Waals surface area contributed by atoms with Gasteiger partial charge in [0.2, 0.25) is 0 Å². The van der Waals surface area contributed by atoms with E-state index >= 15 is 0 Å². The number of rotatable bonds is 8. The van der Waals surface area contributed by atoms with Crippen LogP contribution in [0.15, 0.2) is 71.1 Å². The largest absolute Gasteiger partial charge is 0.461 e. The third-order valence-corrected chi connectivity index (χ3v) is 4.06. The standard InChI is InChI=1S/C22H20FNO4/c23-18-8-6-16(7-9-18)14-24-21(25)15-27-22(26)13-11-19-10-12-20(28-19)17-4-2-1-3-5-17/h1-10,12H,11,13-15H2,(H,24,25). The molecule has 0 bridgehead atoms. The molecule has 0 unspecified atom stereocenters. The third kappa shape index (κ3) is 5.81. The summed E-state index contributed by atoms with van der Waals surface area (Å²) in [4.78, 5) is 23.6. The molecule has 5 nitrogen and oxygen atoms in total. The Bertz CT molecular complexity index is 919. The van der Waals surface area contributed by atoms with Crippen LogP contribution in [-0.4, -0.2) is 18.5 Å². The number of halogens is 1. The van der Waals surface area contributed by atoms with Crippen molar-refractivity contribution in [3.8, 4) is 11.3 Å². The Morgan fingerprint density at radius 3 is 2.46 bits per heavy atom. The monoisotopic (exact) mass is 381 g/mol. The number of benzene rings is 2. The fourth-order valence-corrected chi connectivity index (χ4v) is 2.57. The number of nitrogens with one attached hydrogen (secondary N) is 1. The van der Waals surface area contributed by atoms with Gasteiger partial charge in [0.1, 0.15) is 17.3 Å². The van der Waals surface area contributed by atoms with Gasteiger partial charge in [-0.05, 0) is 29.8 Å². The van der Waals surface area contributed by atoms with E-state index in [1.807, 2.05) is 42.5 Å². The molecule has 1 N–H and O–H groups in total. The Labute approximate surface area is 162 Å². The van der Waals surface area contributed by atoms with Gasteiger partial charge in [0, 0.05) is 18.5 Å². The van der Waals surface area contributed by atoms with Gasteiger partial charge in [-0.2, -0.15) is 0 Å². The van der Waals surface area contributed by atoms with Crippen LogP contribution in [0.4, 0.5) is 4.39 Å². The molecular weight excluding hydrogens is 361 g/mol. The number of amides is 1. The smallest absolute Gasteiger partial charge is 0.306 e. The van der Waals surface area contributed by atoms with Crippen molar-refractivity contribution in [2.75, 3.05) is 6.61 Å². The van der Waals surface area contributed by atoms with Crippen molar-refractivity contribution in [3.63, 3.8) is 0 Å². The van der Waals surface area contributed by atoms with Gasteiger partial charge in [-0.3, -0.25) is 9.59 Å². The molecule has 1 aromatic heterocycles. The number of hydrogen-bond donors (Lipinski definition) is 1. The highest BCUT2D eigenvalue weighted by molar-refractivity contribution is 5.80. The Morgan fingerprint density at radius 1 is 0.964 bits per heavy atom. The van der Waals surface area contributed by atoms with Crippen molar-refractivity contribution in [2.45, 2.75) is 19.4 Å². The first kappa shape index (κ1) is 19.4. The fourth-order valence-electron chi connectivity index (χ4n) is 2.57. The van der Waals surface area contributed by atoms with Crippen LogP contribution in [0.25, 0.3) is 11.3 Å². The minimum atomic E-state index is -0.477. The highest BCUT2D eigenvalue weighted by Crippen LogP contribution is 2.22. The number of aryl methyl sites for hydroxylation is 1. The average Bonchev–Trinajstić information content (AvgIpc) is 3.20. The maximum atomic E-state index is 12.8. The fraction of sp³-hybridized carbons (Fsp3) is 0.182. The summed E-state index contributed by atoms with van der Waals surface area (Å²) in [5.74, 6) is 0.189. The lowest BCUT2D eigenvalue weighted by atomic mass is 10.2. The minimum Gasteiger partial charge on any atom is -0.461 e. The molecule has 0 saturated carbocycles. The molecule has 1 heterocycles. The topological polar surface area (TPSA) is 68.5 Å². The third-order valence-electron chi connectivity index (χ3n) is 4.06. The molecule has 0 spiro atoms. The number of esters is 1. The molecule has 0 aliphatic carbocycles. The normalized spacial score (nSPS) is 10.5. The highest BCUT2D eigenvalue weighted by Gasteiger charge is 2.10. The molecule has 3 aromatic rings. The second-order valence-electron chi connectivity index (χ2n) is 6.20. The molecule has 0 atom stereocenters. The van der Waals surface area contributed by atoms with Crippen molar-refractivity contribution < 1.29 is 23.1 Å². The zero-order valence-corrected chi connectivity index (χ0v) is 15.2. The summed E-state index contributed by atoms with van der Waals surface area (Å²) in [6, 6.07) is 19.2. The Morgan fingerprint density at radius 2 is 1.71 bits per heavy atom. The predicted molar refractivity (Wildman–Crippen MR) is 102 cm³/mol. The summed E-state index contributed by atoms with van der Waals surface area (Å²) in [6.07, 6.45) is 0.510. The van der Waals surface area contributed by atoms with Crippen LogP contribution in [0.1, 0.15) is 17.7 Å². The van der Waals surface area contributed by atoms with Crippen LogP contribution in [0, 0.1) is 5.82 Å². The first-order chi connectivity index (χ1) is 13.6. The molecule has 1 amide bonds. The second-order valence-corrected chi connectivity index (χ2v) is 6.20. The van der Waals surface area contributed by atoms with Gasteiger partial charge in [0.25, 0.3) is 5.91 Å². The Balaban J connectivity index is 1.37. The second kappa shape index (κ2) is 9.50. The van der Waals surface area contributed by atoms with Gasteiger partial charge in [0.15, 0.2) is 6.61 Å². The van der Waals surface area contributed by atoms with E-state index < -0.39 is 11.9 Å². The van der Waals surface area contributed by atoms with Gasteiger partial charge in [-0.1, -0.05) is 42.5 Å². The molecule has 2 aromatic carbocycles. The Hall–Kier alpha value is -3.41. The molecule has 144 valence electrons. The lowest BCUT2D eigenvalue weighted by molar-refractivity contribution is -0.148. The summed E-state index contributed by atoms with van der Waals surface area (Å²) >= 11 is 0. The van der Waals surface area contributed by atoms with Crippen LogP contribution < -0.4 is 5.32 Å². The first-order valence-corrected chi connectivity index (χ1v) is 8.91. The highest BCUT2D eigenvalue weighted by atomic mass is 19.1. The molecule has 0 saturated heterocycles. The van der Waals surface area contributed by atoms with Gasteiger partial charge in [0.05, 0.1) is 6.42 Å². The predicted octanol–water partition coefficient (Wildman–Crippen LogP) is 3.88. The van der Waals surface area contributed by atoms with Crippen LogP contribution in [0.2, 0.25) is 0 Å². The molecule has 6 heteroatoms. The van der Waals surface area contributed by atoms with Crippen molar-refractivity contribution in [1.29, 1.82) is 0 Å². The zero-order chi connectivity index (χ0) is 19.8. The van der Waals surface area contributed by atoms with Crippen LogP contribution in [0.3, 0.4) is 0 Å². The number of hydrogen-bond acceptors (Lipinski definition) is 4. The van der Waals surface area contributed by atoms with Gasteiger partial charge < -0.3 is 14.5 Å². The van der Waals surface area contributed by atoms with E-state index in [1.54, 1.807) is 12.1 Å². The minimum absolute atomic E-state index is 0.118. The van der Waals surface area contributed by atoms with Crippen LogP contribution in [0.5, 0.6) is 0 Å². The average molecular weight is 381 g/mol. The van der Waals surface area contributed by atoms with Crippen LogP contribution in [-0.2, 0) is 27.3 Å². The lowest BCUT2D eigenvalue weighted by Gasteiger charge is -2.06. The lowest BCUT2D eigenvalue weighted by Crippen LogP contribution is -2.28. The molecular formula is C22H20FNO4. The van der Waals surface area contributed by atoms with Gasteiger partial charge in [-0.25, -0.2) is 4.39 Å². The van der Waals surface area contributed by atoms with E-state index in [1.165, 1.54) is 12.1 Å². The van der Waals surface area contributed by atoms with Crippen molar-refractivity contribution in [1.82, 2.24) is 5.32 Å². The molecule has 3 rings (SSSR count). The summed E-state index contributed by atoms with van der Waals surface area (Å²) in [5, 5.41) is 2.61. The van der Waals surface area contributed by atoms with E-state index in [4.69, 9.17) is 9.15 Å². The first-order valence-electron chi connectivity index (χ1n) is 8.91. The number of carbonyl (C=O) groups excluding carboxylic acids is 2. The quantitative estimate of drug-likeness (QED) is 0.602. The van der Waals surface area contributed by atoms with Crippen LogP contribution >= 0.6 is 0 Å². The summed E-state index contributed by atoms with van der Waals surface area (Å²) < 4.78 is 23.5. The molecule has 0 radical (unpaired) electrons. The van der Waals surface area contributed by atoms with E-state index in [-0.39, 0.29) is 25.4 Å². The SMILES string of the molecule is O=C(COC(=O)CCc1ccc(-c2ccccc2)o1)NCc1ccc(F)cc1. The molecule has 28 heavy (non-hydrogen) atoms. The number of furan rings is 1. The van der Waals surface area contributed by atoms with Crippen molar-refractivity contribution in [2.24, 2.45) is 0 Å². The molecule has 0 aliphatic heterocycles. The van der Waals surface area contributed by atoms with Gasteiger partial charge >= 0.3 is 5.97 Å². The Kier molecular flexibility index (Phi) is 6.57. The van der Waals surface area contributed by atoms with Gasteiger partial charge in [-0.15, -0.1) is 0 Å². The maximum absolute atomic E-state index is 12.8. The molecule has 0 fully saturated rings.